The number of benzene rings is 3. The van der Waals surface area contributed by atoms with Crippen LogP contribution in [0, 0.1) is 0 Å². The molecule has 2 heterocycles. The SMILES string of the molecule is COc1ccc(Cn2nc(NC(=O)c3ccc(NCCO)c(Cl)c3)cc2-c2nc3ccccc3[nH]2)cc1. The highest BCUT2D eigenvalue weighted by molar-refractivity contribution is 6.33. The number of aliphatic hydroxyl groups is 1. The van der Waals surface area contributed by atoms with Crippen LogP contribution in [-0.4, -0.2) is 51.0 Å². The highest BCUT2D eigenvalue weighted by atomic mass is 35.5. The molecule has 0 radical (unpaired) electrons. The van der Waals surface area contributed by atoms with E-state index in [1.54, 1.807) is 36.1 Å². The van der Waals surface area contributed by atoms with Gasteiger partial charge in [0.15, 0.2) is 11.6 Å². The Morgan fingerprint density at radius 1 is 1.11 bits per heavy atom. The van der Waals surface area contributed by atoms with Gasteiger partial charge >= 0.3 is 0 Å². The number of halogens is 1. The smallest absolute Gasteiger partial charge is 0.256 e. The number of carbonyl (C=O) groups is 1. The van der Waals surface area contributed by atoms with Crippen LogP contribution in [0.3, 0.4) is 0 Å². The predicted molar refractivity (Wildman–Crippen MR) is 144 cm³/mol. The lowest BCUT2D eigenvalue weighted by Gasteiger charge is -2.09. The fraction of sp³-hybridized carbons (Fsp3) is 0.148. The third kappa shape index (κ3) is 5.42. The van der Waals surface area contributed by atoms with Crippen LogP contribution in [0.2, 0.25) is 5.02 Å². The first-order chi connectivity index (χ1) is 18.0. The molecule has 37 heavy (non-hydrogen) atoms. The summed E-state index contributed by atoms with van der Waals surface area (Å²) in [5, 5.41) is 19.9. The van der Waals surface area contributed by atoms with Crippen LogP contribution < -0.4 is 15.4 Å². The van der Waals surface area contributed by atoms with Gasteiger partial charge in [-0.1, -0.05) is 35.9 Å². The summed E-state index contributed by atoms with van der Waals surface area (Å²) in [5.41, 5.74) is 4.51. The van der Waals surface area contributed by atoms with Crippen molar-refractivity contribution in [1.82, 2.24) is 19.7 Å². The minimum Gasteiger partial charge on any atom is -0.497 e. The van der Waals surface area contributed by atoms with Gasteiger partial charge < -0.3 is 25.5 Å². The van der Waals surface area contributed by atoms with Crippen molar-refractivity contribution < 1.29 is 14.6 Å². The Labute approximate surface area is 218 Å². The summed E-state index contributed by atoms with van der Waals surface area (Å²) < 4.78 is 7.06. The zero-order valence-corrected chi connectivity index (χ0v) is 20.8. The second-order valence-corrected chi connectivity index (χ2v) is 8.73. The molecule has 9 nitrogen and oxygen atoms in total. The molecule has 5 aromatic rings. The van der Waals surface area contributed by atoms with Crippen LogP contribution in [0.4, 0.5) is 11.5 Å². The van der Waals surface area contributed by atoms with Crippen molar-refractivity contribution >= 4 is 40.0 Å². The number of aliphatic hydroxyl groups excluding tert-OH is 1. The second kappa shape index (κ2) is 10.7. The molecular weight excluding hydrogens is 492 g/mol. The Kier molecular flexibility index (Phi) is 7.07. The Morgan fingerprint density at radius 3 is 2.65 bits per heavy atom. The number of imidazole rings is 1. The Balaban J connectivity index is 1.44. The molecule has 0 unspecified atom stereocenters. The number of carbonyl (C=O) groups excluding carboxylic acids is 1. The van der Waals surface area contributed by atoms with E-state index < -0.39 is 0 Å². The molecule has 0 aliphatic rings. The largest absolute Gasteiger partial charge is 0.497 e. The minimum absolute atomic E-state index is 0.0225. The molecule has 2 aromatic heterocycles. The molecular formula is C27H25ClN6O3. The van der Waals surface area contributed by atoms with Crippen molar-refractivity contribution in [3.8, 4) is 17.3 Å². The monoisotopic (exact) mass is 516 g/mol. The summed E-state index contributed by atoms with van der Waals surface area (Å²) in [7, 11) is 1.63. The Bertz CT molecular complexity index is 1510. The van der Waals surface area contributed by atoms with Gasteiger partial charge in [-0.2, -0.15) is 5.10 Å². The fourth-order valence-corrected chi connectivity index (χ4v) is 4.19. The van der Waals surface area contributed by atoms with E-state index in [2.05, 4.69) is 20.7 Å². The summed E-state index contributed by atoms with van der Waals surface area (Å²) >= 11 is 6.31. The number of rotatable bonds is 9. The van der Waals surface area contributed by atoms with Crippen molar-refractivity contribution in [2.45, 2.75) is 6.54 Å². The minimum atomic E-state index is -0.346. The maximum Gasteiger partial charge on any atom is 0.256 e. The Morgan fingerprint density at radius 2 is 1.92 bits per heavy atom. The first-order valence-electron chi connectivity index (χ1n) is 11.7. The number of hydrogen-bond acceptors (Lipinski definition) is 6. The summed E-state index contributed by atoms with van der Waals surface area (Å²) in [6, 6.07) is 22.2. The van der Waals surface area contributed by atoms with Gasteiger partial charge in [-0.25, -0.2) is 4.98 Å². The van der Waals surface area contributed by atoms with E-state index in [9.17, 15) is 4.79 Å². The summed E-state index contributed by atoms with van der Waals surface area (Å²) in [4.78, 5) is 21.1. The summed E-state index contributed by atoms with van der Waals surface area (Å²) in [5.74, 6) is 1.45. The number of anilines is 2. The van der Waals surface area contributed by atoms with E-state index in [1.807, 2.05) is 48.5 Å². The number of aromatic amines is 1. The second-order valence-electron chi connectivity index (χ2n) is 8.32. The number of para-hydroxylation sites is 2. The maximum absolute atomic E-state index is 13.0. The lowest BCUT2D eigenvalue weighted by atomic mass is 10.2. The van der Waals surface area contributed by atoms with Crippen LogP contribution >= 0.6 is 11.6 Å². The average Bonchev–Trinajstić information content (AvgIpc) is 3.52. The number of nitrogens with zero attached hydrogens (tertiary/aromatic N) is 3. The van der Waals surface area contributed by atoms with Gasteiger partial charge in [0.2, 0.25) is 0 Å². The molecule has 0 saturated heterocycles. The van der Waals surface area contributed by atoms with E-state index in [0.29, 0.717) is 41.0 Å². The zero-order chi connectivity index (χ0) is 25.8. The molecule has 1 amide bonds. The molecule has 0 fully saturated rings. The number of amides is 1. The van der Waals surface area contributed by atoms with E-state index in [4.69, 9.17) is 26.4 Å². The van der Waals surface area contributed by atoms with E-state index in [0.717, 1.165) is 28.0 Å². The number of H-pyrrole nitrogens is 1. The molecule has 0 aliphatic carbocycles. The van der Waals surface area contributed by atoms with Crippen molar-refractivity contribution in [3.63, 3.8) is 0 Å². The van der Waals surface area contributed by atoms with Crippen molar-refractivity contribution in [1.29, 1.82) is 0 Å². The molecule has 0 aliphatic heterocycles. The summed E-state index contributed by atoms with van der Waals surface area (Å²) in [6.45, 7) is 0.802. The number of fused-ring (bicyclic) bond motifs is 1. The van der Waals surface area contributed by atoms with Gasteiger partial charge in [0.25, 0.3) is 5.91 Å². The van der Waals surface area contributed by atoms with Crippen molar-refractivity contribution in [2.75, 3.05) is 30.9 Å². The number of nitrogens with one attached hydrogen (secondary N) is 3. The molecule has 0 saturated carbocycles. The van der Waals surface area contributed by atoms with Crippen LogP contribution in [-0.2, 0) is 6.54 Å². The van der Waals surface area contributed by atoms with Gasteiger partial charge in [-0.05, 0) is 48.0 Å². The number of aromatic nitrogens is 4. The fourth-order valence-electron chi connectivity index (χ4n) is 3.95. The lowest BCUT2D eigenvalue weighted by Crippen LogP contribution is -2.13. The normalized spacial score (nSPS) is 11.0. The zero-order valence-electron chi connectivity index (χ0n) is 20.0. The summed E-state index contributed by atoms with van der Waals surface area (Å²) in [6.07, 6.45) is 0. The molecule has 188 valence electrons. The standard InChI is InChI=1S/C27H25ClN6O3/c1-37-19-9-6-17(7-10-19)16-34-24(26-30-22-4-2-3-5-23(22)31-26)15-25(33-34)32-27(36)18-8-11-21(20(28)14-18)29-12-13-35/h2-11,14-15,29,35H,12-13,16H2,1H3,(H,30,31)(H,32,33,36). The number of methoxy groups -OCH3 is 1. The third-order valence-corrected chi connectivity index (χ3v) is 6.12. The van der Waals surface area contributed by atoms with E-state index in [1.165, 1.54) is 0 Å². The van der Waals surface area contributed by atoms with Gasteiger partial charge in [0.05, 0.1) is 42.0 Å². The van der Waals surface area contributed by atoms with Gasteiger partial charge in [-0.15, -0.1) is 0 Å². The molecule has 0 spiro atoms. The number of hydrogen-bond donors (Lipinski definition) is 4. The van der Waals surface area contributed by atoms with Gasteiger partial charge in [0, 0.05) is 18.2 Å². The predicted octanol–water partition coefficient (Wildman–Crippen LogP) is 4.79. The molecule has 0 bridgehead atoms. The molecule has 3 aromatic carbocycles. The van der Waals surface area contributed by atoms with Crippen molar-refractivity contribution in [2.24, 2.45) is 0 Å². The highest BCUT2D eigenvalue weighted by Gasteiger charge is 2.17. The van der Waals surface area contributed by atoms with Crippen LogP contribution in [0.5, 0.6) is 5.75 Å². The first kappa shape index (κ1) is 24.4. The van der Waals surface area contributed by atoms with Crippen LogP contribution in [0.15, 0.2) is 72.8 Å². The average molecular weight is 517 g/mol. The lowest BCUT2D eigenvalue weighted by molar-refractivity contribution is 0.102. The molecule has 10 heteroatoms. The van der Waals surface area contributed by atoms with Crippen LogP contribution in [0.1, 0.15) is 15.9 Å². The van der Waals surface area contributed by atoms with E-state index >= 15 is 0 Å². The Hall–Kier alpha value is -4.34. The topological polar surface area (TPSA) is 117 Å². The first-order valence-corrected chi connectivity index (χ1v) is 12.0. The molecule has 4 N–H and O–H groups in total. The van der Waals surface area contributed by atoms with Gasteiger partial charge in [0.1, 0.15) is 11.4 Å². The quantitative estimate of drug-likeness (QED) is 0.224. The van der Waals surface area contributed by atoms with E-state index in [-0.39, 0.29) is 12.5 Å². The van der Waals surface area contributed by atoms with Crippen molar-refractivity contribution in [3.05, 3.63) is 88.9 Å². The van der Waals surface area contributed by atoms with Crippen LogP contribution in [0.25, 0.3) is 22.6 Å². The maximum atomic E-state index is 13.0. The molecule has 5 rings (SSSR count). The highest BCUT2D eigenvalue weighted by Crippen LogP contribution is 2.26. The third-order valence-electron chi connectivity index (χ3n) is 5.80. The number of ether oxygens (including phenoxy) is 1. The molecule has 0 atom stereocenters. The van der Waals surface area contributed by atoms with Gasteiger partial charge in [-0.3, -0.25) is 9.48 Å².